The highest BCUT2D eigenvalue weighted by molar-refractivity contribution is 7.20. The number of rotatable bonds is 3. The van der Waals surface area contributed by atoms with Gasteiger partial charge in [-0.15, -0.1) is 11.3 Å². The van der Waals surface area contributed by atoms with E-state index in [4.69, 9.17) is 5.73 Å². The van der Waals surface area contributed by atoms with Crippen LogP contribution in [0.25, 0.3) is 21.1 Å². The molecule has 1 saturated heterocycles. The third kappa shape index (κ3) is 2.75. The molecular weight excluding hydrogens is 382 g/mol. The molecule has 5 rings (SSSR count). The molecule has 1 aliphatic rings. The molecule has 6 heteroatoms. The first kappa shape index (κ1) is 17.9. The van der Waals surface area contributed by atoms with Gasteiger partial charge in [-0.05, 0) is 30.5 Å². The van der Waals surface area contributed by atoms with Crippen LogP contribution in [0.4, 0.5) is 0 Å². The molecular formula is C23H21N3O2S. The Morgan fingerprint density at radius 1 is 1.00 bits per heavy atom. The maximum atomic E-state index is 13.6. The van der Waals surface area contributed by atoms with Gasteiger partial charge in [0.1, 0.15) is 10.9 Å². The number of aromatic nitrogens is 1. The number of carbonyl (C=O) groups is 2. The lowest BCUT2D eigenvalue weighted by Crippen LogP contribution is -2.44. The number of thiophene rings is 1. The number of fused-ring (bicyclic) bond motifs is 3. The van der Waals surface area contributed by atoms with Crippen molar-refractivity contribution in [3.05, 3.63) is 71.1 Å². The van der Waals surface area contributed by atoms with Crippen molar-refractivity contribution >= 4 is 44.3 Å². The molecule has 0 saturated carbocycles. The number of nitrogens with two attached hydrogens (primary N) is 1. The minimum atomic E-state index is -0.574. The molecule has 2 aromatic carbocycles. The van der Waals surface area contributed by atoms with Gasteiger partial charge in [-0.2, -0.15) is 0 Å². The molecule has 0 aliphatic carbocycles. The van der Waals surface area contributed by atoms with Gasteiger partial charge in [-0.3, -0.25) is 9.59 Å². The van der Waals surface area contributed by atoms with E-state index in [1.54, 1.807) is 4.90 Å². The minimum absolute atomic E-state index is 0.120. The number of aryl methyl sites for hydroxylation is 1. The predicted octanol–water partition coefficient (Wildman–Crippen LogP) is 4.22. The van der Waals surface area contributed by atoms with E-state index in [2.05, 4.69) is 16.7 Å². The molecule has 1 fully saturated rings. The zero-order chi connectivity index (χ0) is 20.1. The highest BCUT2D eigenvalue weighted by Crippen LogP contribution is 2.40. The quantitative estimate of drug-likeness (QED) is 0.556. The first-order chi connectivity index (χ1) is 14.1. The summed E-state index contributed by atoms with van der Waals surface area (Å²) in [7, 11) is 2.02. The van der Waals surface area contributed by atoms with Crippen molar-refractivity contribution in [3.8, 4) is 0 Å². The van der Waals surface area contributed by atoms with E-state index in [1.807, 2.05) is 55.6 Å². The van der Waals surface area contributed by atoms with Crippen LogP contribution in [-0.4, -0.2) is 27.3 Å². The molecule has 2 N–H and O–H groups in total. The van der Waals surface area contributed by atoms with Crippen LogP contribution in [0.2, 0.25) is 0 Å². The van der Waals surface area contributed by atoms with Crippen molar-refractivity contribution < 1.29 is 9.59 Å². The van der Waals surface area contributed by atoms with Crippen LogP contribution in [-0.2, 0) is 11.8 Å². The highest BCUT2D eigenvalue weighted by atomic mass is 32.1. The molecule has 1 aliphatic heterocycles. The van der Waals surface area contributed by atoms with Crippen LogP contribution in [0.3, 0.4) is 0 Å². The van der Waals surface area contributed by atoms with Crippen LogP contribution in [0.5, 0.6) is 0 Å². The van der Waals surface area contributed by atoms with Gasteiger partial charge in [0, 0.05) is 23.3 Å². The van der Waals surface area contributed by atoms with E-state index in [9.17, 15) is 9.59 Å². The number of para-hydroxylation sites is 1. The van der Waals surface area contributed by atoms with E-state index < -0.39 is 11.9 Å². The number of primary amides is 1. The molecule has 0 radical (unpaired) electrons. The van der Waals surface area contributed by atoms with E-state index in [0.717, 1.165) is 33.1 Å². The summed E-state index contributed by atoms with van der Waals surface area (Å²) >= 11 is 1.48. The van der Waals surface area contributed by atoms with Crippen molar-refractivity contribution in [2.75, 3.05) is 0 Å². The summed E-state index contributed by atoms with van der Waals surface area (Å²) in [6, 6.07) is 19.3. The second-order valence-electron chi connectivity index (χ2n) is 7.54. The van der Waals surface area contributed by atoms with E-state index >= 15 is 0 Å². The summed E-state index contributed by atoms with van der Waals surface area (Å²) in [6.07, 6.45) is 1.33. The molecule has 146 valence electrons. The maximum absolute atomic E-state index is 13.6. The van der Waals surface area contributed by atoms with Gasteiger partial charge >= 0.3 is 0 Å². The van der Waals surface area contributed by atoms with Crippen molar-refractivity contribution in [3.63, 3.8) is 0 Å². The van der Waals surface area contributed by atoms with E-state index in [0.29, 0.717) is 11.3 Å². The van der Waals surface area contributed by atoms with Crippen molar-refractivity contribution in [2.45, 2.75) is 24.9 Å². The van der Waals surface area contributed by atoms with E-state index in [-0.39, 0.29) is 11.9 Å². The topological polar surface area (TPSA) is 68.3 Å². The molecule has 5 nitrogen and oxygen atoms in total. The molecule has 3 heterocycles. The fourth-order valence-corrected chi connectivity index (χ4v) is 5.63. The maximum Gasteiger partial charge on any atom is 0.265 e. The Morgan fingerprint density at radius 2 is 1.72 bits per heavy atom. The number of benzene rings is 2. The third-order valence-electron chi connectivity index (χ3n) is 5.92. The third-order valence-corrected chi connectivity index (χ3v) is 7.12. The smallest absolute Gasteiger partial charge is 0.265 e. The molecule has 0 bridgehead atoms. The van der Waals surface area contributed by atoms with Crippen LogP contribution in [0, 0.1) is 0 Å². The zero-order valence-electron chi connectivity index (χ0n) is 16.0. The molecule has 2 atom stereocenters. The molecule has 29 heavy (non-hydrogen) atoms. The number of hydrogen-bond donors (Lipinski definition) is 1. The summed E-state index contributed by atoms with van der Waals surface area (Å²) in [6.45, 7) is 0. The number of hydrogen-bond acceptors (Lipinski definition) is 3. The number of amides is 2. The van der Waals surface area contributed by atoms with Crippen molar-refractivity contribution in [2.24, 2.45) is 12.8 Å². The lowest BCUT2D eigenvalue weighted by molar-refractivity contribution is -0.122. The summed E-state index contributed by atoms with van der Waals surface area (Å²) in [5.41, 5.74) is 7.85. The Labute approximate surface area is 172 Å². The SMILES string of the molecule is Cn1c2ccccc2c2cc(C(=O)N3[C@@H](C(N)=O)CC[C@@H]3c3ccccc3)sc21. The number of likely N-dealkylation sites (tertiary alicyclic amines) is 1. The molecule has 0 spiro atoms. The van der Waals surface area contributed by atoms with Gasteiger partial charge in [-0.25, -0.2) is 0 Å². The first-order valence-electron chi connectivity index (χ1n) is 9.70. The van der Waals surface area contributed by atoms with Crippen molar-refractivity contribution in [1.82, 2.24) is 9.47 Å². The van der Waals surface area contributed by atoms with Gasteiger partial charge in [-0.1, -0.05) is 48.5 Å². The lowest BCUT2D eigenvalue weighted by Gasteiger charge is -2.28. The van der Waals surface area contributed by atoms with Crippen LogP contribution in [0.1, 0.15) is 34.1 Å². The van der Waals surface area contributed by atoms with Gasteiger partial charge in [0.25, 0.3) is 5.91 Å². The fraction of sp³-hybridized carbons (Fsp3) is 0.217. The molecule has 0 unspecified atom stereocenters. The summed E-state index contributed by atoms with van der Waals surface area (Å²) in [5, 5.41) is 2.20. The number of carbonyl (C=O) groups excluding carboxylic acids is 2. The first-order valence-corrected chi connectivity index (χ1v) is 10.5. The normalized spacial score (nSPS) is 19.3. The standard InChI is InChI=1S/C23H21N3O2S/c1-25-18-10-6-5-9-15(18)16-13-20(29-23(16)25)22(28)26-17(11-12-19(26)21(24)27)14-7-3-2-4-8-14/h2-10,13,17,19H,11-12H2,1H3,(H2,24,27)/t17-,19-/m1/s1. The largest absolute Gasteiger partial charge is 0.368 e. The fourth-order valence-electron chi connectivity index (χ4n) is 4.54. The second kappa shape index (κ2) is 6.74. The van der Waals surface area contributed by atoms with Crippen LogP contribution < -0.4 is 5.73 Å². The molecule has 4 aromatic rings. The summed E-state index contributed by atoms with van der Waals surface area (Å²) < 4.78 is 2.12. The Kier molecular flexibility index (Phi) is 4.17. The minimum Gasteiger partial charge on any atom is -0.368 e. The Bertz CT molecular complexity index is 1240. The Balaban J connectivity index is 1.60. The van der Waals surface area contributed by atoms with Crippen LogP contribution in [0.15, 0.2) is 60.7 Å². The zero-order valence-corrected chi connectivity index (χ0v) is 16.9. The average Bonchev–Trinajstić information content (AvgIpc) is 3.43. The summed E-state index contributed by atoms with van der Waals surface area (Å²) in [4.78, 5) is 29.1. The second-order valence-corrected chi connectivity index (χ2v) is 8.57. The summed E-state index contributed by atoms with van der Waals surface area (Å²) in [5.74, 6) is -0.561. The predicted molar refractivity (Wildman–Crippen MR) is 116 cm³/mol. The number of nitrogens with zero attached hydrogens (tertiary/aromatic N) is 2. The molecule has 2 amide bonds. The van der Waals surface area contributed by atoms with Gasteiger partial charge < -0.3 is 15.2 Å². The van der Waals surface area contributed by atoms with Crippen LogP contribution >= 0.6 is 11.3 Å². The highest BCUT2D eigenvalue weighted by Gasteiger charge is 2.41. The lowest BCUT2D eigenvalue weighted by atomic mass is 10.0. The van der Waals surface area contributed by atoms with Crippen molar-refractivity contribution in [1.29, 1.82) is 0 Å². The molecule has 2 aromatic heterocycles. The van der Waals surface area contributed by atoms with Gasteiger partial charge in [0.05, 0.1) is 10.9 Å². The van der Waals surface area contributed by atoms with Gasteiger partial charge in [0.2, 0.25) is 5.91 Å². The Hall–Kier alpha value is -3.12. The monoisotopic (exact) mass is 403 g/mol. The average molecular weight is 404 g/mol. The van der Waals surface area contributed by atoms with Gasteiger partial charge in [0.15, 0.2) is 0 Å². The Morgan fingerprint density at radius 3 is 2.48 bits per heavy atom. The van der Waals surface area contributed by atoms with E-state index in [1.165, 1.54) is 11.3 Å².